The van der Waals surface area contributed by atoms with Crippen molar-refractivity contribution >= 4 is 0 Å². The van der Waals surface area contributed by atoms with Gasteiger partial charge in [0.2, 0.25) is 0 Å². The van der Waals surface area contributed by atoms with Crippen molar-refractivity contribution in [3.05, 3.63) is 19.1 Å². The molecule has 1 saturated heterocycles. The van der Waals surface area contributed by atoms with Gasteiger partial charge in [-0.05, 0) is 19.3 Å². The van der Waals surface area contributed by atoms with Crippen LogP contribution in [-0.4, -0.2) is 12.2 Å². The van der Waals surface area contributed by atoms with Crippen LogP contribution < -0.4 is 0 Å². The second-order valence-corrected chi connectivity index (χ2v) is 2.52. The summed E-state index contributed by atoms with van der Waals surface area (Å²) >= 11 is 0. The van der Waals surface area contributed by atoms with E-state index >= 15 is 0 Å². The summed E-state index contributed by atoms with van der Waals surface area (Å²) < 4.78 is 5.22. The fourth-order valence-electron chi connectivity index (χ4n) is 1.16. The first kappa shape index (κ1) is 4.57. The maximum atomic E-state index is 5.22. The van der Waals surface area contributed by atoms with Crippen molar-refractivity contribution in [3.8, 4) is 0 Å². The number of fused-ring (bicyclic) bond motifs is 1. The van der Waals surface area contributed by atoms with Crippen LogP contribution in [0.15, 0.2) is 12.2 Å². The summed E-state index contributed by atoms with van der Waals surface area (Å²) in [5, 5.41) is 0. The summed E-state index contributed by atoms with van der Waals surface area (Å²) in [4.78, 5) is 0. The van der Waals surface area contributed by atoms with Crippen LogP contribution in [0.2, 0.25) is 0 Å². The molecule has 0 aromatic heterocycles. The van der Waals surface area contributed by atoms with Crippen molar-refractivity contribution in [3.63, 3.8) is 0 Å². The summed E-state index contributed by atoms with van der Waals surface area (Å²) in [5.41, 5.74) is 0. The first-order valence-electron chi connectivity index (χ1n) is 3.03. The van der Waals surface area contributed by atoms with Crippen LogP contribution in [0.1, 0.15) is 6.42 Å². The van der Waals surface area contributed by atoms with Gasteiger partial charge in [-0.25, -0.2) is 0 Å². The summed E-state index contributed by atoms with van der Waals surface area (Å²) in [7, 11) is 0. The normalized spacial score (nSPS) is 50.9. The van der Waals surface area contributed by atoms with Gasteiger partial charge in [-0.15, -0.1) is 0 Å². The molecule has 1 nitrogen and oxygen atoms in total. The number of rotatable bonds is 0. The lowest BCUT2D eigenvalue weighted by atomic mass is 9.98. The molecule has 1 radical (unpaired) electrons. The smallest absolute Gasteiger partial charge is 0.102 e. The summed E-state index contributed by atoms with van der Waals surface area (Å²) in [6.07, 6.45) is 6.37. The van der Waals surface area contributed by atoms with Crippen LogP contribution in [0.5, 0.6) is 0 Å². The Morgan fingerprint density at radius 1 is 1.50 bits per heavy atom. The van der Waals surface area contributed by atoms with E-state index in [9.17, 15) is 0 Å². The van der Waals surface area contributed by atoms with E-state index < -0.39 is 0 Å². The van der Waals surface area contributed by atoms with Crippen molar-refractivity contribution in [2.75, 3.05) is 0 Å². The first-order valence-corrected chi connectivity index (χ1v) is 3.03. The van der Waals surface area contributed by atoms with Gasteiger partial charge in [0, 0.05) is 0 Å². The average Bonchev–Trinajstić information content (AvgIpc) is 2.43. The van der Waals surface area contributed by atoms with Gasteiger partial charge in [0.15, 0.2) is 0 Å². The van der Waals surface area contributed by atoms with Gasteiger partial charge in [0.1, 0.15) is 6.10 Å². The van der Waals surface area contributed by atoms with E-state index in [1.807, 2.05) is 0 Å². The van der Waals surface area contributed by atoms with Gasteiger partial charge in [-0.3, -0.25) is 0 Å². The molecule has 1 heterocycles. The minimum Gasteiger partial charge on any atom is -0.365 e. The van der Waals surface area contributed by atoms with Gasteiger partial charge in [-0.2, -0.15) is 0 Å². The fraction of sp³-hybridized carbons (Fsp3) is 0.571. The zero-order valence-corrected chi connectivity index (χ0v) is 4.71. The van der Waals surface area contributed by atoms with E-state index in [2.05, 4.69) is 19.1 Å². The Kier molecular flexibility index (Phi) is 0.770. The molecule has 0 bridgehead atoms. The highest BCUT2D eigenvalue weighted by Crippen LogP contribution is 2.33. The van der Waals surface area contributed by atoms with Crippen molar-refractivity contribution in [2.45, 2.75) is 18.6 Å². The van der Waals surface area contributed by atoms with Crippen LogP contribution in [0.3, 0.4) is 0 Å². The van der Waals surface area contributed by atoms with Gasteiger partial charge in [0.05, 0.1) is 6.10 Å². The summed E-state index contributed by atoms with van der Waals surface area (Å²) in [5.74, 6) is 0.499. The number of hydrogen-bond donors (Lipinski definition) is 0. The molecule has 0 aromatic rings. The standard InChI is InChI=1S/C7H9O/c1-5-2-3-6-7(4-5)8-6/h2-3,5-7H,1,4H2. The lowest BCUT2D eigenvalue weighted by Gasteiger charge is -2.04. The fourth-order valence-corrected chi connectivity index (χ4v) is 1.16. The SMILES string of the molecule is [CH2]C1C=CC2OC2C1. The average molecular weight is 109 g/mol. The van der Waals surface area contributed by atoms with Gasteiger partial charge >= 0.3 is 0 Å². The third kappa shape index (κ3) is 0.583. The van der Waals surface area contributed by atoms with Crippen LogP contribution >= 0.6 is 0 Å². The Bertz CT molecular complexity index is 128. The predicted octanol–water partition coefficient (Wildman–Crippen LogP) is 1.16. The van der Waals surface area contributed by atoms with E-state index in [0.717, 1.165) is 6.42 Å². The van der Waals surface area contributed by atoms with Crippen LogP contribution in [0, 0.1) is 12.8 Å². The van der Waals surface area contributed by atoms with E-state index in [4.69, 9.17) is 4.74 Å². The third-order valence-electron chi connectivity index (χ3n) is 1.73. The lowest BCUT2D eigenvalue weighted by molar-refractivity contribution is 0.377. The molecule has 2 aliphatic rings. The molecule has 8 heavy (non-hydrogen) atoms. The molecule has 1 aliphatic carbocycles. The number of allylic oxidation sites excluding steroid dienone is 1. The summed E-state index contributed by atoms with van der Waals surface area (Å²) in [6.45, 7) is 3.91. The maximum absolute atomic E-state index is 5.22. The van der Waals surface area contributed by atoms with Crippen LogP contribution in [-0.2, 0) is 4.74 Å². The molecule has 3 atom stereocenters. The van der Waals surface area contributed by atoms with Gasteiger partial charge in [-0.1, -0.05) is 12.2 Å². The largest absolute Gasteiger partial charge is 0.365 e. The molecule has 43 valence electrons. The Morgan fingerprint density at radius 3 is 3.00 bits per heavy atom. The minimum absolute atomic E-state index is 0.466. The molecule has 0 amide bonds. The van der Waals surface area contributed by atoms with E-state index in [1.54, 1.807) is 0 Å². The first-order chi connectivity index (χ1) is 3.86. The van der Waals surface area contributed by atoms with E-state index in [-0.39, 0.29) is 0 Å². The highest BCUT2D eigenvalue weighted by molar-refractivity contribution is 5.11. The highest BCUT2D eigenvalue weighted by atomic mass is 16.6. The number of epoxide rings is 1. The molecule has 1 fully saturated rings. The van der Waals surface area contributed by atoms with Gasteiger partial charge in [0.25, 0.3) is 0 Å². The Morgan fingerprint density at radius 2 is 2.38 bits per heavy atom. The molecule has 1 aliphatic heterocycles. The Hall–Kier alpha value is -0.300. The molecule has 0 N–H and O–H groups in total. The van der Waals surface area contributed by atoms with Gasteiger partial charge < -0.3 is 4.74 Å². The predicted molar refractivity (Wildman–Crippen MR) is 31.3 cm³/mol. The van der Waals surface area contributed by atoms with E-state index in [1.165, 1.54) is 0 Å². The second-order valence-electron chi connectivity index (χ2n) is 2.52. The quantitative estimate of drug-likeness (QED) is 0.336. The van der Waals surface area contributed by atoms with Crippen LogP contribution in [0.25, 0.3) is 0 Å². The maximum Gasteiger partial charge on any atom is 0.102 e. The molecule has 0 spiro atoms. The van der Waals surface area contributed by atoms with Crippen molar-refractivity contribution < 1.29 is 4.74 Å². The lowest BCUT2D eigenvalue weighted by Crippen LogP contribution is -2.03. The zero-order valence-electron chi connectivity index (χ0n) is 4.71. The number of ether oxygens (including phenoxy) is 1. The molecule has 2 rings (SSSR count). The van der Waals surface area contributed by atoms with Crippen molar-refractivity contribution in [1.29, 1.82) is 0 Å². The molecule has 1 heteroatoms. The second kappa shape index (κ2) is 1.35. The molecular weight excluding hydrogens is 100 g/mol. The van der Waals surface area contributed by atoms with E-state index in [0.29, 0.717) is 18.1 Å². The monoisotopic (exact) mass is 109 g/mol. The number of hydrogen-bond acceptors (Lipinski definition) is 1. The molecule has 3 unspecified atom stereocenters. The Balaban J connectivity index is 2.11. The summed E-state index contributed by atoms with van der Waals surface area (Å²) in [6, 6.07) is 0. The molecule has 0 saturated carbocycles. The van der Waals surface area contributed by atoms with Crippen molar-refractivity contribution in [1.82, 2.24) is 0 Å². The van der Waals surface area contributed by atoms with Crippen molar-refractivity contribution in [2.24, 2.45) is 5.92 Å². The third-order valence-corrected chi connectivity index (χ3v) is 1.73. The molecule has 0 aromatic carbocycles. The topological polar surface area (TPSA) is 12.5 Å². The van der Waals surface area contributed by atoms with Crippen LogP contribution in [0.4, 0.5) is 0 Å². The molecular formula is C7H9O. The zero-order chi connectivity index (χ0) is 5.56. The highest BCUT2D eigenvalue weighted by Gasteiger charge is 2.39. The minimum atomic E-state index is 0.466. The Labute approximate surface area is 49.3 Å².